The average molecular weight is 259 g/mol. The lowest BCUT2D eigenvalue weighted by Crippen LogP contribution is -2.10. The zero-order chi connectivity index (χ0) is 13.3. The average Bonchev–Trinajstić information content (AvgIpc) is 2.77. The van der Waals surface area contributed by atoms with Crippen LogP contribution in [0.15, 0.2) is 30.5 Å². The Balaban J connectivity index is 2.29. The number of hydrogen-bond acceptors (Lipinski definition) is 2. The maximum absolute atomic E-state index is 4.48. The van der Waals surface area contributed by atoms with Crippen molar-refractivity contribution in [3.8, 4) is 10.4 Å². The SMILES string of the molecule is CC(C)c1ncc(-c2ccc(C(C)(C)C)cc2)s1. The van der Waals surface area contributed by atoms with Gasteiger partial charge in [-0.3, -0.25) is 0 Å². The van der Waals surface area contributed by atoms with Crippen LogP contribution in [0.5, 0.6) is 0 Å². The molecule has 2 aromatic rings. The standard InChI is InChI=1S/C16H21NS/c1-11(2)15-17-10-14(18-15)12-6-8-13(9-7-12)16(3,4)5/h6-11H,1-5H3. The number of rotatable bonds is 2. The molecule has 0 fully saturated rings. The molecule has 0 bridgehead atoms. The number of benzene rings is 1. The van der Waals surface area contributed by atoms with E-state index in [4.69, 9.17) is 0 Å². The van der Waals surface area contributed by atoms with E-state index in [-0.39, 0.29) is 5.41 Å². The highest BCUT2D eigenvalue weighted by molar-refractivity contribution is 7.15. The first-order valence-corrected chi connectivity index (χ1v) is 7.26. The number of nitrogens with zero attached hydrogens (tertiary/aromatic N) is 1. The smallest absolute Gasteiger partial charge is 0.0956 e. The first-order chi connectivity index (χ1) is 8.38. The first-order valence-electron chi connectivity index (χ1n) is 6.44. The summed E-state index contributed by atoms with van der Waals surface area (Å²) in [6, 6.07) is 8.87. The first kappa shape index (κ1) is 13.3. The zero-order valence-electron chi connectivity index (χ0n) is 11.8. The minimum atomic E-state index is 0.218. The number of hydrogen-bond donors (Lipinski definition) is 0. The van der Waals surface area contributed by atoms with Crippen molar-refractivity contribution in [1.29, 1.82) is 0 Å². The van der Waals surface area contributed by atoms with Gasteiger partial charge in [0.05, 0.1) is 9.88 Å². The van der Waals surface area contributed by atoms with E-state index in [1.807, 2.05) is 6.20 Å². The second-order valence-corrected chi connectivity index (χ2v) is 7.11. The molecule has 0 saturated heterocycles. The largest absolute Gasteiger partial charge is 0.249 e. The predicted octanol–water partition coefficient (Wildman–Crippen LogP) is 5.23. The van der Waals surface area contributed by atoms with Crippen molar-refractivity contribution in [3.05, 3.63) is 41.0 Å². The van der Waals surface area contributed by atoms with Gasteiger partial charge in [-0.05, 0) is 16.5 Å². The zero-order valence-corrected chi connectivity index (χ0v) is 12.6. The Bertz CT molecular complexity index is 515. The van der Waals surface area contributed by atoms with Crippen LogP contribution in [0, 0.1) is 0 Å². The Hall–Kier alpha value is -1.15. The van der Waals surface area contributed by atoms with Gasteiger partial charge in [0.1, 0.15) is 0 Å². The van der Waals surface area contributed by atoms with Crippen molar-refractivity contribution in [3.63, 3.8) is 0 Å². The van der Waals surface area contributed by atoms with E-state index in [0.717, 1.165) is 0 Å². The second kappa shape index (κ2) is 4.85. The van der Waals surface area contributed by atoms with Crippen molar-refractivity contribution < 1.29 is 0 Å². The fourth-order valence-corrected chi connectivity index (χ4v) is 2.75. The molecule has 1 aromatic carbocycles. The van der Waals surface area contributed by atoms with Crippen molar-refractivity contribution in [1.82, 2.24) is 4.98 Å². The fraction of sp³-hybridized carbons (Fsp3) is 0.438. The van der Waals surface area contributed by atoms with Gasteiger partial charge in [-0.25, -0.2) is 4.98 Å². The Morgan fingerprint density at radius 2 is 1.67 bits per heavy atom. The minimum absolute atomic E-state index is 0.218. The summed E-state index contributed by atoms with van der Waals surface area (Å²) in [6.45, 7) is 11.1. The molecule has 0 atom stereocenters. The molecule has 1 heterocycles. The molecule has 0 aliphatic heterocycles. The monoisotopic (exact) mass is 259 g/mol. The Morgan fingerprint density at radius 3 is 2.11 bits per heavy atom. The normalized spacial score (nSPS) is 12.1. The predicted molar refractivity (Wildman–Crippen MR) is 80.3 cm³/mol. The summed E-state index contributed by atoms with van der Waals surface area (Å²) in [7, 11) is 0. The van der Waals surface area contributed by atoms with E-state index >= 15 is 0 Å². The summed E-state index contributed by atoms with van der Waals surface area (Å²) >= 11 is 1.80. The summed E-state index contributed by atoms with van der Waals surface area (Å²) in [6.07, 6.45) is 1.99. The van der Waals surface area contributed by atoms with Crippen LogP contribution in [0.4, 0.5) is 0 Å². The molecule has 0 spiro atoms. The number of thiazole rings is 1. The van der Waals surface area contributed by atoms with Gasteiger partial charge in [0, 0.05) is 12.1 Å². The quantitative estimate of drug-likeness (QED) is 0.719. The van der Waals surface area contributed by atoms with Crippen LogP contribution in [0.1, 0.15) is 51.1 Å². The third kappa shape index (κ3) is 2.81. The van der Waals surface area contributed by atoms with Crippen molar-refractivity contribution in [2.24, 2.45) is 0 Å². The lowest BCUT2D eigenvalue weighted by atomic mass is 9.87. The van der Waals surface area contributed by atoms with Crippen LogP contribution in [0.3, 0.4) is 0 Å². The molecule has 0 unspecified atom stereocenters. The second-order valence-electron chi connectivity index (χ2n) is 6.04. The van der Waals surface area contributed by atoms with Crippen molar-refractivity contribution in [2.75, 3.05) is 0 Å². The third-order valence-electron chi connectivity index (χ3n) is 3.05. The molecule has 1 aromatic heterocycles. The van der Waals surface area contributed by atoms with E-state index < -0.39 is 0 Å². The van der Waals surface area contributed by atoms with E-state index in [2.05, 4.69) is 63.9 Å². The molecule has 96 valence electrons. The molecule has 0 N–H and O–H groups in total. The van der Waals surface area contributed by atoms with Gasteiger partial charge in [-0.1, -0.05) is 58.9 Å². The van der Waals surface area contributed by atoms with Crippen LogP contribution >= 0.6 is 11.3 Å². The lowest BCUT2D eigenvalue weighted by molar-refractivity contribution is 0.590. The molecule has 18 heavy (non-hydrogen) atoms. The van der Waals surface area contributed by atoms with Crippen LogP contribution < -0.4 is 0 Å². The van der Waals surface area contributed by atoms with Gasteiger partial charge in [-0.15, -0.1) is 11.3 Å². The van der Waals surface area contributed by atoms with E-state index in [1.54, 1.807) is 11.3 Å². The Labute approximate surface area is 114 Å². The maximum Gasteiger partial charge on any atom is 0.0956 e. The number of aromatic nitrogens is 1. The van der Waals surface area contributed by atoms with Crippen LogP contribution in [-0.4, -0.2) is 4.98 Å². The summed E-state index contributed by atoms with van der Waals surface area (Å²) in [4.78, 5) is 5.74. The molecule has 2 rings (SSSR count). The molecule has 0 aliphatic rings. The summed E-state index contributed by atoms with van der Waals surface area (Å²) in [5.41, 5.74) is 2.86. The van der Waals surface area contributed by atoms with Gasteiger partial charge in [0.15, 0.2) is 0 Å². The molecule has 0 radical (unpaired) electrons. The van der Waals surface area contributed by atoms with Gasteiger partial charge >= 0.3 is 0 Å². The summed E-state index contributed by atoms with van der Waals surface area (Å²) < 4.78 is 0. The molecular weight excluding hydrogens is 238 g/mol. The van der Waals surface area contributed by atoms with Crippen molar-refractivity contribution in [2.45, 2.75) is 46.0 Å². The molecule has 0 aliphatic carbocycles. The Kier molecular flexibility index (Phi) is 3.58. The summed E-state index contributed by atoms with van der Waals surface area (Å²) in [5, 5.41) is 1.21. The van der Waals surface area contributed by atoms with Crippen LogP contribution in [0.25, 0.3) is 10.4 Å². The molecule has 0 amide bonds. The lowest BCUT2D eigenvalue weighted by Gasteiger charge is -2.18. The fourth-order valence-electron chi connectivity index (χ4n) is 1.82. The Morgan fingerprint density at radius 1 is 1.06 bits per heavy atom. The highest BCUT2D eigenvalue weighted by atomic mass is 32.1. The van der Waals surface area contributed by atoms with Gasteiger partial charge in [0.25, 0.3) is 0 Å². The summed E-state index contributed by atoms with van der Waals surface area (Å²) in [5.74, 6) is 0.512. The highest BCUT2D eigenvalue weighted by Crippen LogP contribution is 2.31. The van der Waals surface area contributed by atoms with E-state index in [0.29, 0.717) is 5.92 Å². The molecular formula is C16H21NS. The molecule has 2 heteroatoms. The van der Waals surface area contributed by atoms with Gasteiger partial charge < -0.3 is 0 Å². The third-order valence-corrected chi connectivity index (χ3v) is 4.40. The van der Waals surface area contributed by atoms with Gasteiger partial charge in [-0.2, -0.15) is 0 Å². The molecule has 0 saturated carbocycles. The minimum Gasteiger partial charge on any atom is -0.249 e. The van der Waals surface area contributed by atoms with Crippen molar-refractivity contribution >= 4 is 11.3 Å². The highest BCUT2D eigenvalue weighted by Gasteiger charge is 2.13. The molecule has 1 nitrogen and oxygen atoms in total. The van der Waals surface area contributed by atoms with Crippen LogP contribution in [-0.2, 0) is 5.41 Å². The van der Waals surface area contributed by atoms with E-state index in [1.165, 1.54) is 21.0 Å². The topological polar surface area (TPSA) is 12.9 Å². The maximum atomic E-state index is 4.48. The van der Waals surface area contributed by atoms with Crippen LogP contribution in [0.2, 0.25) is 0 Å². The van der Waals surface area contributed by atoms with E-state index in [9.17, 15) is 0 Å². The van der Waals surface area contributed by atoms with Gasteiger partial charge in [0.2, 0.25) is 0 Å².